The normalized spacial score (nSPS) is 11.5. The van der Waals surface area contributed by atoms with Gasteiger partial charge in [-0.15, -0.1) is 10.2 Å². The fourth-order valence-corrected chi connectivity index (χ4v) is 3.72. The molecule has 2 heterocycles. The summed E-state index contributed by atoms with van der Waals surface area (Å²) in [5, 5.41) is 7.97. The lowest BCUT2D eigenvalue weighted by molar-refractivity contribution is 0.309. The van der Waals surface area contributed by atoms with E-state index < -0.39 is 0 Å². The Morgan fingerprint density at radius 2 is 1.67 bits per heavy atom. The Bertz CT molecular complexity index is 1250. The number of unbranched alkanes of at least 4 members (excludes halogenated alkanes) is 1. The molecule has 0 atom stereocenters. The van der Waals surface area contributed by atoms with Gasteiger partial charge in [0.15, 0.2) is 5.82 Å². The quantitative estimate of drug-likeness (QED) is 0.345. The summed E-state index contributed by atoms with van der Waals surface area (Å²) < 4.78 is 5.77. The number of hydrogen-bond donors (Lipinski definition) is 2. The van der Waals surface area contributed by atoms with Crippen LogP contribution in [0.4, 0.5) is 0 Å². The van der Waals surface area contributed by atoms with Crippen molar-refractivity contribution in [1.82, 2.24) is 20.2 Å². The summed E-state index contributed by atoms with van der Waals surface area (Å²) in [6, 6.07) is 18.1. The third kappa shape index (κ3) is 5.06. The van der Waals surface area contributed by atoms with Gasteiger partial charge in [-0.25, -0.2) is 0 Å². The predicted molar refractivity (Wildman–Crippen MR) is 132 cm³/mol. The van der Waals surface area contributed by atoms with E-state index in [9.17, 15) is 4.79 Å². The van der Waals surface area contributed by atoms with Gasteiger partial charge in [0.2, 0.25) is 0 Å². The van der Waals surface area contributed by atoms with Crippen molar-refractivity contribution >= 4 is 0 Å². The summed E-state index contributed by atoms with van der Waals surface area (Å²) in [5.41, 5.74) is 4.92. The molecular formula is C27H30N4O2. The van der Waals surface area contributed by atoms with Crippen molar-refractivity contribution in [3.8, 4) is 39.5 Å². The molecular weight excluding hydrogens is 412 g/mol. The molecule has 170 valence electrons. The highest BCUT2D eigenvalue weighted by molar-refractivity contribution is 5.83. The molecule has 0 saturated heterocycles. The number of nitrogens with zero attached hydrogens (tertiary/aromatic N) is 2. The van der Waals surface area contributed by atoms with Crippen LogP contribution in [-0.2, 0) is 5.41 Å². The molecule has 2 N–H and O–H groups in total. The molecule has 0 aliphatic carbocycles. The number of nitrogens with one attached hydrogen (secondary N) is 2. The number of H-pyrrole nitrogens is 2. The van der Waals surface area contributed by atoms with Crippen molar-refractivity contribution in [2.75, 3.05) is 6.61 Å². The van der Waals surface area contributed by atoms with Gasteiger partial charge >= 0.3 is 0 Å². The smallest absolute Gasteiger partial charge is 0.260 e. The van der Waals surface area contributed by atoms with Crippen LogP contribution in [0.2, 0.25) is 0 Å². The molecule has 0 unspecified atom stereocenters. The average molecular weight is 443 g/mol. The first-order valence-corrected chi connectivity index (χ1v) is 11.3. The highest BCUT2D eigenvalue weighted by Crippen LogP contribution is 2.32. The first-order chi connectivity index (χ1) is 15.9. The Morgan fingerprint density at radius 1 is 0.970 bits per heavy atom. The maximum atomic E-state index is 13.2. The van der Waals surface area contributed by atoms with Crippen molar-refractivity contribution in [2.45, 2.75) is 46.0 Å². The molecule has 33 heavy (non-hydrogen) atoms. The molecule has 0 bridgehead atoms. The Balaban J connectivity index is 1.77. The molecule has 0 aliphatic heterocycles. The summed E-state index contributed by atoms with van der Waals surface area (Å²) in [6.45, 7) is 9.39. The molecule has 6 nitrogen and oxygen atoms in total. The third-order valence-electron chi connectivity index (χ3n) is 5.68. The number of ether oxygens (including phenoxy) is 1. The summed E-state index contributed by atoms with van der Waals surface area (Å²) in [7, 11) is 0. The van der Waals surface area contributed by atoms with Crippen LogP contribution in [-0.4, -0.2) is 26.8 Å². The second-order valence-corrected chi connectivity index (χ2v) is 9.19. The monoisotopic (exact) mass is 442 g/mol. The maximum absolute atomic E-state index is 13.2. The van der Waals surface area contributed by atoms with Crippen LogP contribution >= 0.6 is 0 Å². The zero-order chi connectivity index (χ0) is 23.4. The van der Waals surface area contributed by atoms with Crippen LogP contribution in [0, 0.1) is 0 Å². The SMILES string of the molecule is CCCCOc1ccc(-c2cc(-c3ccc(C(C)(C)C)cc3)c(-c3nnc[nH]3)c(=O)[nH]2)cc1. The van der Waals surface area contributed by atoms with Gasteiger partial charge in [0.1, 0.15) is 12.1 Å². The highest BCUT2D eigenvalue weighted by atomic mass is 16.5. The van der Waals surface area contributed by atoms with Crippen molar-refractivity contribution in [1.29, 1.82) is 0 Å². The topological polar surface area (TPSA) is 83.7 Å². The summed E-state index contributed by atoms with van der Waals surface area (Å²) in [6.07, 6.45) is 3.60. The van der Waals surface area contributed by atoms with Gasteiger partial charge in [-0.05, 0) is 58.9 Å². The molecule has 2 aromatic carbocycles. The van der Waals surface area contributed by atoms with Gasteiger partial charge in [-0.1, -0.05) is 58.4 Å². The average Bonchev–Trinajstić information content (AvgIpc) is 3.33. The van der Waals surface area contributed by atoms with Crippen LogP contribution in [0.5, 0.6) is 5.75 Å². The van der Waals surface area contributed by atoms with E-state index in [2.05, 4.69) is 72.1 Å². The van der Waals surface area contributed by atoms with Crippen LogP contribution in [0.3, 0.4) is 0 Å². The lowest BCUT2D eigenvalue weighted by Crippen LogP contribution is -2.13. The number of aromatic amines is 2. The fourth-order valence-electron chi connectivity index (χ4n) is 3.72. The molecule has 0 amide bonds. The molecule has 2 aromatic heterocycles. The predicted octanol–water partition coefficient (Wildman–Crippen LogP) is 5.97. The van der Waals surface area contributed by atoms with Gasteiger partial charge in [0, 0.05) is 11.3 Å². The van der Waals surface area contributed by atoms with E-state index in [1.165, 1.54) is 11.9 Å². The minimum atomic E-state index is -0.220. The molecule has 4 rings (SSSR count). The number of aromatic nitrogens is 4. The van der Waals surface area contributed by atoms with Crippen molar-refractivity contribution < 1.29 is 4.74 Å². The lowest BCUT2D eigenvalue weighted by atomic mass is 9.86. The van der Waals surface area contributed by atoms with Crippen LogP contribution in [0.15, 0.2) is 65.7 Å². The number of benzene rings is 2. The van der Waals surface area contributed by atoms with E-state index in [1.54, 1.807) is 0 Å². The Morgan fingerprint density at radius 3 is 2.27 bits per heavy atom. The number of rotatable bonds is 7. The van der Waals surface area contributed by atoms with Crippen LogP contribution in [0.25, 0.3) is 33.8 Å². The first-order valence-electron chi connectivity index (χ1n) is 11.3. The summed E-state index contributed by atoms with van der Waals surface area (Å²) in [5.74, 6) is 1.27. The standard InChI is InChI=1S/C27H30N4O2/c1-5-6-15-33-21-13-9-19(10-14-21)23-16-22(18-7-11-20(12-8-18)27(2,3)4)24(26(32)30-23)25-28-17-29-31-25/h7-14,16-17H,5-6,15H2,1-4H3,(H,30,32)(H,28,29,31). The van der Waals surface area contributed by atoms with Crippen molar-refractivity contribution in [2.24, 2.45) is 0 Å². The Kier molecular flexibility index (Phi) is 6.45. The molecule has 0 radical (unpaired) electrons. The van der Waals surface area contributed by atoms with Gasteiger partial charge in [-0.3, -0.25) is 4.79 Å². The Hall–Kier alpha value is -3.67. The summed E-state index contributed by atoms with van der Waals surface area (Å²) in [4.78, 5) is 19.2. The van der Waals surface area contributed by atoms with Crippen molar-refractivity contribution in [3.05, 3.63) is 76.8 Å². The van der Waals surface area contributed by atoms with Gasteiger partial charge in [0.25, 0.3) is 5.56 Å². The van der Waals surface area contributed by atoms with Gasteiger partial charge in [-0.2, -0.15) is 0 Å². The minimum absolute atomic E-state index is 0.0482. The minimum Gasteiger partial charge on any atom is -0.494 e. The van der Waals surface area contributed by atoms with E-state index >= 15 is 0 Å². The maximum Gasteiger partial charge on any atom is 0.260 e. The second kappa shape index (κ2) is 9.45. The molecule has 0 aliphatic rings. The number of hydrogen-bond acceptors (Lipinski definition) is 4. The second-order valence-electron chi connectivity index (χ2n) is 9.19. The molecule has 0 fully saturated rings. The Labute approximate surface area is 194 Å². The molecule has 6 heteroatoms. The zero-order valence-corrected chi connectivity index (χ0v) is 19.6. The third-order valence-corrected chi connectivity index (χ3v) is 5.68. The van der Waals surface area contributed by atoms with E-state index in [0.717, 1.165) is 41.0 Å². The fraction of sp³-hybridized carbons (Fsp3) is 0.296. The first kappa shape index (κ1) is 22.5. The van der Waals surface area contributed by atoms with Crippen LogP contribution in [0.1, 0.15) is 46.1 Å². The van der Waals surface area contributed by atoms with E-state index in [-0.39, 0.29) is 11.0 Å². The van der Waals surface area contributed by atoms with E-state index in [0.29, 0.717) is 18.0 Å². The molecule has 0 spiro atoms. The van der Waals surface area contributed by atoms with Gasteiger partial charge in [0.05, 0.1) is 12.2 Å². The van der Waals surface area contributed by atoms with E-state index in [4.69, 9.17) is 4.74 Å². The van der Waals surface area contributed by atoms with E-state index in [1.807, 2.05) is 30.3 Å². The van der Waals surface area contributed by atoms with Crippen molar-refractivity contribution in [3.63, 3.8) is 0 Å². The van der Waals surface area contributed by atoms with Gasteiger partial charge < -0.3 is 14.7 Å². The molecule has 4 aromatic rings. The summed E-state index contributed by atoms with van der Waals surface area (Å²) >= 11 is 0. The molecule has 0 saturated carbocycles. The van der Waals surface area contributed by atoms with Crippen LogP contribution < -0.4 is 10.3 Å². The zero-order valence-electron chi connectivity index (χ0n) is 19.6. The lowest BCUT2D eigenvalue weighted by Gasteiger charge is -2.19. The highest BCUT2D eigenvalue weighted by Gasteiger charge is 2.18. The number of pyridine rings is 1. The largest absolute Gasteiger partial charge is 0.494 e.